The van der Waals surface area contributed by atoms with Crippen LogP contribution in [0.3, 0.4) is 0 Å². The Morgan fingerprint density at radius 3 is 2.28 bits per heavy atom. The van der Waals surface area contributed by atoms with Crippen molar-refractivity contribution >= 4 is 72.8 Å². The summed E-state index contributed by atoms with van der Waals surface area (Å²) < 4.78 is 3.36. The Labute approximate surface area is 248 Å². The summed E-state index contributed by atoms with van der Waals surface area (Å²) >= 11 is 11.4. The van der Waals surface area contributed by atoms with Gasteiger partial charge in [-0.15, -0.1) is 11.8 Å². The van der Waals surface area contributed by atoms with Gasteiger partial charge in [-0.05, 0) is 88.5 Å². The SMILES string of the molecule is CCN(CC)C(C)(C)C(=O)O/N=C(\CCSc1ccc(Cl)cc1)c1ccc2c(c1)c1cc(Br)ccc1n2CC. The quantitative estimate of drug-likeness (QED) is 0.0721. The molecule has 0 N–H and O–H groups in total. The summed E-state index contributed by atoms with van der Waals surface area (Å²) in [6.07, 6.45) is 0.633. The first-order valence-electron chi connectivity index (χ1n) is 13.3. The fourth-order valence-electron chi connectivity index (χ4n) is 4.99. The summed E-state index contributed by atoms with van der Waals surface area (Å²) in [5.41, 5.74) is 3.28. The molecular weight excluding hydrogens is 594 g/mol. The van der Waals surface area contributed by atoms with Crippen molar-refractivity contribution in [1.29, 1.82) is 0 Å². The maximum Gasteiger partial charge on any atom is 0.354 e. The van der Waals surface area contributed by atoms with Crippen molar-refractivity contribution < 1.29 is 9.63 Å². The average molecular weight is 629 g/mol. The summed E-state index contributed by atoms with van der Waals surface area (Å²) in [4.78, 5) is 22.0. The van der Waals surface area contributed by atoms with Crippen LogP contribution in [-0.2, 0) is 16.2 Å². The Balaban J connectivity index is 1.69. The number of benzene rings is 3. The Hall–Kier alpha value is -2.32. The molecule has 4 aromatic rings. The van der Waals surface area contributed by atoms with Gasteiger partial charge in [0, 0.05) is 60.5 Å². The highest BCUT2D eigenvalue weighted by molar-refractivity contribution is 9.10. The molecule has 206 valence electrons. The number of likely N-dealkylation sites (N-methyl/N-ethyl adjacent to an activating group) is 1. The molecule has 0 radical (unpaired) electrons. The first kappa shape index (κ1) is 29.7. The van der Waals surface area contributed by atoms with E-state index >= 15 is 0 Å². The molecule has 0 spiro atoms. The Bertz CT molecular complexity index is 1490. The van der Waals surface area contributed by atoms with Crippen molar-refractivity contribution in [2.24, 2.45) is 5.16 Å². The van der Waals surface area contributed by atoms with Crippen molar-refractivity contribution in [3.8, 4) is 0 Å². The molecule has 39 heavy (non-hydrogen) atoms. The minimum Gasteiger partial charge on any atom is -0.341 e. The molecule has 0 aliphatic carbocycles. The summed E-state index contributed by atoms with van der Waals surface area (Å²) in [5, 5.41) is 7.53. The van der Waals surface area contributed by atoms with Gasteiger partial charge in [-0.25, -0.2) is 4.79 Å². The zero-order chi connectivity index (χ0) is 28.2. The fourth-order valence-corrected chi connectivity index (χ4v) is 6.33. The van der Waals surface area contributed by atoms with E-state index in [1.165, 1.54) is 16.4 Å². The number of oxime groups is 1. The Morgan fingerprint density at radius 1 is 1.00 bits per heavy atom. The highest BCUT2D eigenvalue weighted by Crippen LogP contribution is 2.32. The van der Waals surface area contributed by atoms with Crippen molar-refractivity contribution in [2.45, 2.75) is 58.0 Å². The van der Waals surface area contributed by atoms with Crippen LogP contribution in [0.15, 0.2) is 75.2 Å². The van der Waals surface area contributed by atoms with Gasteiger partial charge in [0.15, 0.2) is 0 Å². The summed E-state index contributed by atoms with van der Waals surface area (Å²) in [6.45, 7) is 12.4. The largest absolute Gasteiger partial charge is 0.354 e. The van der Waals surface area contributed by atoms with E-state index in [1.807, 2.05) is 52.0 Å². The third-order valence-electron chi connectivity index (χ3n) is 7.19. The molecular formula is C31H35BrClN3O2S. The number of thioether (sulfide) groups is 1. The minimum absolute atomic E-state index is 0.360. The normalized spacial score (nSPS) is 12.6. The number of hydrogen-bond donors (Lipinski definition) is 0. The van der Waals surface area contributed by atoms with Gasteiger partial charge >= 0.3 is 5.97 Å². The van der Waals surface area contributed by atoms with Crippen LogP contribution in [0.2, 0.25) is 5.02 Å². The number of rotatable bonds is 11. The number of carbonyl (C=O) groups excluding carboxylic acids is 1. The molecule has 0 bridgehead atoms. The Kier molecular flexibility index (Phi) is 9.81. The van der Waals surface area contributed by atoms with Gasteiger partial charge in [0.2, 0.25) is 0 Å². The zero-order valence-corrected chi connectivity index (χ0v) is 26.3. The Morgan fingerprint density at radius 2 is 1.64 bits per heavy atom. The molecule has 3 aromatic carbocycles. The van der Waals surface area contributed by atoms with E-state index in [9.17, 15) is 4.79 Å². The molecule has 1 heterocycles. The molecule has 4 rings (SSSR count). The van der Waals surface area contributed by atoms with E-state index < -0.39 is 5.54 Å². The van der Waals surface area contributed by atoms with Gasteiger partial charge in [-0.2, -0.15) is 0 Å². The lowest BCUT2D eigenvalue weighted by Gasteiger charge is -2.33. The highest BCUT2D eigenvalue weighted by Gasteiger charge is 2.35. The van der Waals surface area contributed by atoms with Gasteiger partial charge < -0.3 is 9.40 Å². The lowest BCUT2D eigenvalue weighted by molar-refractivity contribution is -0.156. The molecule has 0 amide bonds. The van der Waals surface area contributed by atoms with E-state index in [1.54, 1.807) is 11.8 Å². The number of aromatic nitrogens is 1. The molecule has 0 fully saturated rings. The maximum absolute atomic E-state index is 13.2. The maximum atomic E-state index is 13.2. The lowest BCUT2D eigenvalue weighted by Crippen LogP contribution is -2.50. The molecule has 0 saturated heterocycles. The van der Waals surface area contributed by atoms with Gasteiger partial charge in [-0.1, -0.05) is 52.6 Å². The minimum atomic E-state index is -0.777. The summed E-state index contributed by atoms with van der Waals surface area (Å²) in [6, 6.07) is 20.6. The van der Waals surface area contributed by atoms with Gasteiger partial charge in [0.25, 0.3) is 0 Å². The van der Waals surface area contributed by atoms with Crippen LogP contribution in [0.4, 0.5) is 0 Å². The van der Waals surface area contributed by atoms with E-state index in [0.29, 0.717) is 6.42 Å². The number of nitrogens with zero attached hydrogens (tertiary/aromatic N) is 3. The number of fused-ring (bicyclic) bond motifs is 3. The number of carbonyl (C=O) groups is 1. The topological polar surface area (TPSA) is 46.8 Å². The van der Waals surface area contributed by atoms with E-state index in [4.69, 9.17) is 16.4 Å². The van der Waals surface area contributed by atoms with Crippen LogP contribution < -0.4 is 0 Å². The molecule has 1 aromatic heterocycles. The number of hydrogen-bond acceptors (Lipinski definition) is 5. The molecule has 0 saturated carbocycles. The van der Waals surface area contributed by atoms with Gasteiger partial charge in [-0.3, -0.25) is 4.90 Å². The van der Waals surface area contributed by atoms with Crippen LogP contribution in [0, 0.1) is 0 Å². The van der Waals surface area contributed by atoms with E-state index in [0.717, 1.165) is 56.4 Å². The molecule has 0 atom stereocenters. The smallest absolute Gasteiger partial charge is 0.341 e. The van der Waals surface area contributed by atoms with Crippen molar-refractivity contribution in [3.63, 3.8) is 0 Å². The molecule has 8 heteroatoms. The number of halogens is 2. The third-order valence-corrected chi connectivity index (χ3v) is 8.95. The average Bonchev–Trinajstić information content (AvgIpc) is 3.23. The second-order valence-electron chi connectivity index (χ2n) is 9.84. The van der Waals surface area contributed by atoms with Crippen LogP contribution in [0.25, 0.3) is 21.8 Å². The molecule has 0 aliphatic rings. The zero-order valence-electron chi connectivity index (χ0n) is 23.1. The number of aryl methyl sites for hydroxylation is 1. The summed E-state index contributed by atoms with van der Waals surface area (Å²) in [5.74, 6) is 0.416. The monoisotopic (exact) mass is 627 g/mol. The predicted molar refractivity (Wildman–Crippen MR) is 169 cm³/mol. The molecule has 0 unspecified atom stereocenters. The van der Waals surface area contributed by atoms with Crippen molar-refractivity contribution in [1.82, 2.24) is 9.47 Å². The second kappa shape index (κ2) is 12.9. The van der Waals surface area contributed by atoms with Crippen LogP contribution in [0.1, 0.15) is 46.6 Å². The summed E-state index contributed by atoms with van der Waals surface area (Å²) in [7, 11) is 0. The molecule has 5 nitrogen and oxygen atoms in total. The van der Waals surface area contributed by atoms with Gasteiger partial charge in [0.05, 0.1) is 5.71 Å². The van der Waals surface area contributed by atoms with E-state index in [-0.39, 0.29) is 5.97 Å². The second-order valence-corrected chi connectivity index (χ2v) is 12.4. The molecule has 0 aliphatic heterocycles. The van der Waals surface area contributed by atoms with Crippen LogP contribution in [0.5, 0.6) is 0 Å². The van der Waals surface area contributed by atoms with E-state index in [2.05, 4.69) is 73.9 Å². The fraction of sp³-hybridized carbons (Fsp3) is 0.355. The first-order valence-corrected chi connectivity index (χ1v) is 15.5. The van der Waals surface area contributed by atoms with Crippen LogP contribution >= 0.6 is 39.3 Å². The third kappa shape index (κ3) is 6.54. The lowest BCUT2D eigenvalue weighted by atomic mass is 10.0. The van der Waals surface area contributed by atoms with Crippen molar-refractivity contribution in [2.75, 3.05) is 18.8 Å². The predicted octanol–water partition coefficient (Wildman–Crippen LogP) is 8.78. The van der Waals surface area contributed by atoms with Crippen molar-refractivity contribution in [3.05, 3.63) is 75.7 Å². The van der Waals surface area contributed by atoms with Gasteiger partial charge in [0.1, 0.15) is 5.54 Å². The van der Waals surface area contributed by atoms with Crippen LogP contribution in [-0.4, -0.2) is 45.5 Å². The highest BCUT2D eigenvalue weighted by atomic mass is 79.9. The first-order chi connectivity index (χ1) is 18.7. The standard InChI is InChI=1S/C31H35BrClN3O2S/c1-6-35(7-2)31(4,5)30(37)38-34-27(17-18-39-24-13-11-23(33)12-14-24)21-9-15-28-25(19-21)26-20-22(32)10-16-29(26)36(28)8-3/h9-16,19-20H,6-8,17-18H2,1-5H3/b34-27+.